The minimum Gasteiger partial charge on any atom is -0.490 e. The maximum Gasteiger partial charge on any atom is 0.119 e. The van der Waals surface area contributed by atoms with Gasteiger partial charge in [0.25, 0.3) is 0 Å². The third-order valence-electron chi connectivity index (χ3n) is 2.72. The van der Waals surface area contributed by atoms with Crippen LogP contribution in [0.1, 0.15) is 32.3 Å². The molecule has 0 aromatic heterocycles. The Labute approximate surface area is 98.0 Å². The second-order valence-corrected chi connectivity index (χ2v) is 4.82. The minimum absolute atomic E-state index is 0.494. The van der Waals surface area contributed by atoms with Gasteiger partial charge in [-0.3, -0.25) is 0 Å². The van der Waals surface area contributed by atoms with Gasteiger partial charge in [0.05, 0.1) is 6.10 Å². The van der Waals surface area contributed by atoms with Crippen molar-refractivity contribution >= 4 is 0 Å². The maximum atomic E-state index is 5.71. The van der Waals surface area contributed by atoms with E-state index in [0.29, 0.717) is 12.1 Å². The largest absolute Gasteiger partial charge is 0.490 e. The van der Waals surface area contributed by atoms with Crippen molar-refractivity contribution in [3.05, 3.63) is 29.8 Å². The van der Waals surface area contributed by atoms with Gasteiger partial charge >= 0.3 is 0 Å². The van der Waals surface area contributed by atoms with Crippen LogP contribution in [-0.2, 0) is 6.42 Å². The van der Waals surface area contributed by atoms with Gasteiger partial charge in [-0.1, -0.05) is 26.0 Å². The Morgan fingerprint density at radius 2 is 1.94 bits per heavy atom. The molecule has 0 amide bonds. The predicted molar refractivity (Wildman–Crippen MR) is 66.9 cm³/mol. The molecular weight excluding hydrogens is 198 g/mol. The zero-order valence-corrected chi connectivity index (χ0v) is 10.2. The van der Waals surface area contributed by atoms with Crippen molar-refractivity contribution in [1.82, 2.24) is 5.32 Å². The van der Waals surface area contributed by atoms with E-state index in [1.165, 1.54) is 18.4 Å². The second-order valence-electron chi connectivity index (χ2n) is 4.82. The van der Waals surface area contributed by atoms with Crippen LogP contribution in [-0.4, -0.2) is 18.7 Å². The summed E-state index contributed by atoms with van der Waals surface area (Å²) in [7, 11) is 0. The normalized spacial score (nSPS) is 15.4. The summed E-state index contributed by atoms with van der Waals surface area (Å²) in [4.78, 5) is 0. The van der Waals surface area contributed by atoms with Gasteiger partial charge in [-0.2, -0.15) is 0 Å². The van der Waals surface area contributed by atoms with Crippen molar-refractivity contribution in [1.29, 1.82) is 0 Å². The lowest BCUT2D eigenvalue weighted by atomic mass is 10.1. The van der Waals surface area contributed by atoms with E-state index in [2.05, 4.69) is 43.4 Å². The fraction of sp³-hybridized carbons (Fsp3) is 0.571. The van der Waals surface area contributed by atoms with E-state index in [1.54, 1.807) is 0 Å². The Morgan fingerprint density at radius 3 is 2.50 bits per heavy atom. The lowest BCUT2D eigenvalue weighted by Crippen LogP contribution is -2.24. The molecule has 16 heavy (non-hydrogen) atoms. The highest BCUT2D eigenvalue weighted by Crippen LogP contribution is 2.26. The van der Waals surface area contributed by atoms with Gasteiger partial charge < -0.3 is 10.1 Å². The van der Waals surface area contributed by atoms with Crippen LogP contribution in [0.25, 0.3) is 0 Å². The van der Waals surface area contributed by atoms with Gasteiger partial charge in [-0.25, -0.2) is 0 Å². The zero-order valence-electron chi connectivity index (χ0n) is 10.2. The Bertz CT molecular complexity index is 314. The molecular formula is C14H21NO. The van der Waals surface area contributed by atoms with Crippen LogP contribution in [0.5, 0.6) is 5.75 Å². The molecule has 2 rings (SSSR count). The van der Waals surface area contributed by atoms with Gasteiger partial charge in [-0.15, -0.1) is 0 Å². The summed E-state index contributed by atoms with van der Waals surface area (Å²) in [5, 5.41) is 3.42. The number of nitrogens with one attached hydrogen (secondary N) is 1. The standard InChI is InChI=1S/C14H21NO/c1-11(2)15-10-9-12-3-5-13(6-4-12)16-14-7-8-14/h3-6,11,14-15H,7-10H2,1-2H3. The lowest BCUT2D eigenvalue weighted by Gasteiger charge is -2.08. The van der Waals surface area contributed by atoms with Crippen molar-refractivity contribution in [2.75, 3.05) is 6.54 Å². The van der Waals surface area contributed by atoms with Crippen molar-refractivity contribution in [2.45, 2.75) is 45.3 Å². The average molecular weight is 219 g/mol. The molecule has 1 aromatic rings. The molecule has 1 aromatic carbocycles. The van der Waals surface area contributed by atoms with E-state index < -0.39 is 0 Å². The average Bonchev–Trinajstić information content (AvgIpc) is 3.04. The van der Waals surface area contributed by atoms with E-state index in [0.717, 1.165) is 18.7 Å². The predicted octanol–water partition coefficient (Wildman–Crippen LogP) is 2.77. The molecule has 1 aliphatic carbocycles. The number of benzene rings is 1. The molecule has 1 saturated carbocycles. The monoisotopic (exact) mass is 219 g/mol. The summed E-state index contributed by atoms with van der Waals surface area (Å²) < 4.78 is 5.71. The first-order valence-electron chi connectivity index (χ1n) is 6.23. The van der Waals surface area contributed by atoms with Gasteiger partial charge in [0.2, 0.25) is 0 Å². The van der Waals surface area contributed by atoms with Gasteiger partial charge in [-0.05, 0) is 43.5 Å². The molecule has 2 nitrogen and oxygen atoms in total. The summed E-state index contributed by atoms with van der Waals surface area (Å²) in [6, 6.07) is 9.07. The Morgan fingerprint density at radius 1 is 1.25 bits per heavy atom. The molecule has 1 aliphatic rings. The van der Waals surface area contributed by atoms with Crippen LogP contribution in [0.3, 0.4) is 0 Å². The van der Waals surface area contributed by atoms with Crippen LogP contribution in [0.15, 0.2) is 24.3 Å². The molecule has 0 heterocycles. The first-order valence-corrected chi connectivity index (χ1v) is 6.23. The van der Waals surface area contributed by atoms with Crippen LogP contribution < -0.4 is 10.1 Å². The van der Waals surface area contributed by atoms with E-state index >= 15 is 0 Å². The Kier molecular flexibility index (Phi) is 3.83. The topological polar surface area (TPSA) is 21.3 Å². The van der Waals surface area contributed by atoms with Crippen LogP contribution in [0, 0.1) is 0 Å². The first-order chi connectivity index (χ1) is 7.74. The van der Waals surface area contributed by atoms with Crippen LogP contribution in [0.2, 0.25) is 0 Å². The van der Waals surface area contributed by atoms with E-state index in [-0.39, 0.29) is 0 Å². The third-order valence-corrected chi connectivity index (χ3v) is 2.72. The van der Waals surface area contributed by atoms with E-state index in [9.17, 15) is 0 Å². The molecule has 2 heteroatoms. The van der Waals surface area contributed by atoms with Crippen LogP contribution in [0.4, 0.5) is 0 Å². The zero-order chi connectivity index (χ0) is 11.4. The highest BCUT2D eigenvalue weighted by Gasteiger charge is 2.23. The Hall–Kier alpha value is -1.02. The van der Waals surface area contributed by atoms with Crippen molar-refractivity contribution in [3.63, 3.8) is 0 Å². The van der Waals surface area contributed by atoms with Gasteiger partial charge in [0.1, 0.15) is 5.75 Å². The van der Waals surface area contributed by atoms with Crippen molar-refractivity contribution in [3.8, 4) is 5.75 Å². The second kappa shape index (κ2) is 5.35. The third kappa shape index (κ3) is 3.86. The molecule has 0 aliphatic heterocycles. The summed E-state index contributed by atoms with van der Waals surface area (Å²) in [5.74, 6) is 1.02. The first kappa shape index (κ1) is 11.5. The van der Waals surface area contributed by atoms with Crippen molar-refractivity contribution < 1.29 is 4.74 Å². The minimum atomic E-state index is 0.494. The Balaban J connectivity index is 1.77. The smallest absolute Gasteiger partial charge is 0.119 e. The summed E-state index contributed by atoms with van der Waals surface area (Å²) in [6.07, 6.45) is 4.02. The van der Waals surface area contributed by atoms with E-state index in [4.69, 9.17) is 4.74 Å². The SMILES string of the molecule is CC(C)NCCc1ccc(OC2CC2)cc1. The van der Waals surface area contributed by atoms with Gasteiger partial charge in [0.15, 0.2) is 0 Å². The number of hydrogen-bond donors (Lipinski definition) is 1. The lowest BCUT2D eigenvalue weighted by molar-refractivity contribution is 0.303. The highest BCUT2D eigenvalue weighted by atomic mass is 16.5. The number of ether oxygens (including phenoxy) is 1. The van der Waals surface area contributed by atoms with Gasteiger partial charge in [0, 0.05) is 6.04 Å². The maximum absolute atomic E-state index is 5.71. The molecule has 0 radical (unpaired) electrons. The number of hydrogen-bond acceptors (Lipinski definition) is 2. The summed E-state index contributed by atoms with van der Waals surface area (Å²) in [6.45, 7) is 5.39. The molecule has 0 unspecified atom stereocenters. The summed E-state index contributed by atoms with van der Waals surface area (Å²) >= 11 is 0. The van der Waals surface area contributed by atoms with Crippen molar-refractivity contribution in [2.24, 2.45) is 0 Å². The van der Waals surface area contributed by atoms with E-state index in [1.807, 2.05) is 0 Å². The molecule has 0 bridgehead atoms. The molecule has 0 atom stereocenters. The van der Waals surface area contributed by atoms with Crippen LogP contribution >= 0.6 is 0 Å². The molecule has 1 N–H and O–H groups in total. The molecule has 1 fully saturated rings. The number of rotatable bonds is 6. The quantitative estimate of drug-likeness (QED) is 0.794. The fourth-order valence-electron chi connectivity index (χ4n) is 1.62. The summed E-state index contributed by atoms with van der Waals surface area (Å²) in [5.41, 5.74) is 1.37. The fourth-order valence-corrected chi connectivity index (χ4v) is 1.62. The molecule has 88 valence electrons. The highest BCUT2D eigenvalue weighted by molar-refractivity contribution is 5.28. The molecule has 0 saturated heterocycles. The molecule has 0 spiro atoms.